The molecule has 2 aliphatic heterocycles. The van der Waals surface area contributed by atoms with Crippen LogP contribution in [0, 0.1) is 74.4 Å². The molecule has 610 valence electrons. The Morgan fingerprint density at radius 2 is 0.829 bits per heavy atom. The van der Waals surface area contributed by atoms with Gasteiger partial charge in [0.25, 0.3) is 11.1 Å². The Bertz CT molecular complexity index is 4320. The minimum Gasteiger partial charge on any atom is -0.727 e. The number of halogens is 18. The molecule has 8 rings (SSSR count). The number of carbonyl (C=O) groups is 4. The first-order valence-corrected chi connectivity index (χ1v) is 34.7. The van der Waals surface area contributed by atoms with Gasteiger partial charge in [-0.05, 0) is 195 Å². The summed E-state index contributed by atoms with van der Waals surface area (Å²) in [6.45, 7) is 17.5. The largest absolute Gasteiger partial charge is 1.00 e. The molecule has 4 aromatic carbocycles. The Morgan fingerprint density at radius 3 is 1.11 bits per heavy atom. The van der Waals surface area contributed by atoms with Crippen molar-refractivity contribution in [2.45, 2.75) is 188 Å². The second kappa shape index (κ2) is 41.3. The predicted molar refractivity (Wildman–Crippen MR) is 381 cm³/mol. The molecule has 0 bridgehead atoms. The van der Waals surface area contributed by atoms with Crippen LogP contribution in [0.5, 0.6) is 0 Å². The third kappa shape index (κ3) is 25.2. The minimum atomic E-state index is -5.46. The van der Waals surface area contributed by atoms with Gasteiger partial charge in [0.15, 0.2) is 11.6 Å². The number of esters is 1. The van der Waals surface area contributed by atoms with Gasteiger partial charge in [-0.15, -0.1) is 0 Å². The molecule has 0 amide bonds. The molecular formula is C76H87F18LiN4O10S2. The van der Waals surface area contributed by atoms with Crippen LogP contribution in [0.3, 0.4) is 0 Å². The number of carbonyl (C=O) groups excluding carboxylic acids is 3. The Balaban J connectivity index is 0.000000548. The average molecular weight is 1630 g/mol. The minimum absolute atomic E-state index is 0. The number of aliphatic carboxylic acids is 1. The summed E-state index contributed by atoms with van der Waals surface area (Å²) in [6.07, 6.45) is -21.3. The number of benzene rings is 4. The summed E-state index contributed by atoms with van der Waals surface area (Å²) < 4.78 is 272. The topological polar surface area (TPSA) is 192 Å². The summed E-state index contributed by atoms with van der Waals surface area (Å²) in [5.74, 6) is -19.7. The number of rotatable bonds is 29. The Hall–Kier alpha value is -7.06. The number of likely N-dealkylation sites (tertiary alicyclic amines) is 2. The van der Waals surface area contributed by atoms with Gasteiger partial charge in [0.2, 0.25) is 0 Å². The number of alkyl halides is 12. The van der Waals surface area contributed by atoms with Crippen LogP contribution in [0.15, 0.2) is 70.5 Å². The molecule has 2 unspecified atom stereocenters. The van der Waals surface area contributed by atoms with Crippen LogP contribution in [0.1, 0.15) is 190 Å². The Morgan fingerprint density at radius 1 is 0.495 bits per heavy atom. The summed E-state index contributed by atoms with van der Waals surface area (Å²) in [5, 5.41) is 22.7. The van der Waals surface area contributed by atoms with E-state index < -0.39 is 205 Å². The van der Waals surface area contributed by atoms with Crippen molar-refractivity contribution in [3.8, 4) is 22.3 Å². The van der Waals surface area contributed by atoms with Crippen LogP contribution >= 0.6 is 27.0 Å². The number of ether oxygens (including phenoxy) is 1. The van der Waals surface area contributed by atoms with E-state index in [4.69, 9.17) is 15.3 Å². The molecule has 0 saturated carbocycles. The van der Waals surface area contributed by atoms with Gasteiger partial charge in [0, 0.05) is 82.6 Å². The van der Waals surface area contributed by atoms with E-state index in [0.29, 0.717) is 49.2 Å². The van der Waals surface area contributed by atoms with E-state index in [1.54, 1.807) is 27.7 Å². The molecule has 14 nitrogen and oxygen atoms in total. The number of hydrogen-bond acceptors (Lipinski definition) is 11. The smallest absolute Gasteiger partial charge is 0.727 e. The van der Waals surface area contributed by atoms with E-state index in [0.717, 1.165) is 72.7 Å². The van der Waals surface area contributed by atoms with Gasteiger partial charge in [0.05, 0.1) is 53.8 Å². The van der Waals surface area contributed by atoms with E-state index in [1.807, 2.05) is 9.80 Å². The molecule has 2 N–H and O–H groups in total. The van der Waals surface area contributed by atoms with Crippen molar-refractivity contribution in [1.82, 2.24) is 18.9 Å². The normalized spacial score (nSPS) is 14.4. The van der Waals surface area contributed by atoms with Gasteiger partial charge >= 0.3 is 55.5 Å². The van der Waals surface area contributed by atoms with Crippen molar-refractivity contribution in [1.29, 1.82) is 0 Å². The predicted octanol–water partition coefficient (Wildman–Crippen LogP) is 14.6. The molecule has 0 aliphatic carbocycles. The number of ketones is 2. The zero-order valence-electron chi connectivity index (χ0n) is 62.4. The van der Waals surface area contributed by atoms with Crippen molar-refractivity contribution >= 4 is 50.5 Å². The Labute approximate surface area is 654 Å². The SMILES string of the molecule is CCOC(=O)C[C@H](CC(=O)C(CC(C)C)n1cc(CCCN2CCC2)c(C(F)(F)F)cc1=O)c1c(F)c(-c2c(C)cc(C)cc2F)cc(C(F)(F)F)c1F.Cc1cc(C)c(-c2cc(C(F)(F)F)c(F)c([C@H](CC(=O)O)CC(=O)C(CC(C)C)n3cc(CCCN4CCC4)c(C(F)(F)F)cc3=O)c2F)c(F)c1.S.S.[Li+].[O-]O. The fourth-order valence-corrected chi connectivity index (χ4v) is 13.8. The van der Waals surface area contributed by atoms with Crippen LogP contribution in [0.4, 0.5) is 79.0 Å². The van der Waals surface area contributed by atoms with Crippen LogP contribution in [0.25, 0.3) is 22.3 Å². The van der Waals surface area contributed by atoms with Crippen LogP contribution < -0.4 is 35.2 Å². The van der Waals surface area contributed by atoms with Crippen molar-refractivity contribution in [3.63, 3.8) is 0 Å². The first-order valence-electron chi connectivity index (χ1n) is 34.7. The van der Waals surface area contributed by atoms with Crippen LogP contribution in [0.2, 0.25) is 0 Å². The first kappa shape index (κ1) is 98.1. The number of hydrogen-bond donors (Lipinski definition) is 2. The average Bonchev–Trinajstić information content (AvgIpc) is 0.755. The molecule has 35 heteroatoms. The van der Waals surface area contributed by atoms with Gasteiger partial charge < -0.3 is 39.3 Å². The fourth-order valence-electron chi connectivity index (χ4n) is 13.8. The summed E-state index contributed by atoms with van der Waals surface area (Å²) in [4.78, 5) is 83.7. The van der Waals surface area contributed by atoms with E-state index in [9.17, 15) is 86.6 Å². The molecule has 4 atom stereocenters. The van der Waals surface area contributed by atoms with Gasteiger partial charge in [0.1, 0.15) is 34.9 Å². The van der Waals surface area contributed by atoms with Crippen LogP contribution in [-0.2, 0) is 61.5 Å². The standard InChI is InChI=1S/C39H43F9N2O4.C37H39F9N2O4.Li.H2O2.2H2S/c1-6-54-33(53)17-25(35-36(41)26(18-28(37(35)42)39(46,47)48)34-23(5)14-22(4)15-29(34)40)16-31(51)30(13-21(2)3)50-20-24(9-7-10-49-11-8-12-49)27(19-32(50)52)38(43,44)45;1-19(2)11-28(48-18-22(7-5-8-47-9-6-10-47)25(17-30(48)50)36(41,42)43)29(49)14-23(15-31(51)52)33-34(39)24(16-26(35(33)40)37(44,45)46)32-21(4)12-20(3)13-27(32)38;;1-2;;/h14-15,18-21,25,30H,6-13,16-17H2,1-5H3;12-13,16-19,23,28H,5-11,14-15H2,1-4H3,(H,51,52);;1-2H;2*1H2/q;;+1;;;/p-1/t25-,30?;23-,28?;;;;/m00..../s1. The molecule has 0 radical (unpaired) electrons. The molecular weight excluding hydrogens is 1540 g/mol. The molecule has 6 aromatic rings. The number of pyridine rings is 2. The van der Waals surface area contributed by atoms with E-state index >= 15 is 26.3 Å². The van der Waals surface area contributed by atoms with Gasteiger partial charge in [-0.25, -0.2) is 26.3 Å². The molecule has 4 heterocycles. The first-order chi connectivity index (χ1) is 50.2. The summed E-state index contributed by atoms with van der Waals surface area (Å²) in [7, 11) is 0. The second-order valence-electron chi connectivity index (χ2n) is 28.0. The number of aromatic nitrogens is 2. The van der Waals surface area contributed by atoms with Crippen molar-refractivity contribution in [3.05, 3.63) is 183 Å². The number of carboxylic acid groups (broad SMARTS) is 1. The third-order valence-electron chi connectivity index (χ3n) is 18.8. The zero-order valence-corrected chi connectivity index (χ0v) is 64.4. The molecule has 2 aromatic heterocycles. The summed E-state index contributed by atoms with van der Waals surface area (Å²) in [6, 6.07) is 2.45. The maximum absolute atomic E-state index is 16.6. The molecule has 2 fully saturated rings. The molecule has 111 heavy (non-hydrogen) atoms. The monoisotopic (exact) mass is 1630 g/mol. The van der Waals surface area contributed by atoms with E-state index in [1.165, 1.54) is 46.8 Å². The molecule has 2 aliphatic rings. The quantitative estimate of drug-likeness (QED) is 0.0149. The number of carboxylic acids is 1. The number of Topliss-reactive ketones (excluding diaryl/α,β-unsaturated/α-hetero) is 2. The second-order valence-corrected chi connectivity index (χ2v) is 28.0. The number of nitrogens with zero attached hydrogens (tertiary/aromatic N) is 4. The maximum Gasteiger partial charge on any atom is 1.00 e. The van der Waals surface area contributed by atoms with Gasteiger partial charge in [-0.3, -0.25) is 28.8 Å². The fraction of sp³-hybridized carbons (Fsp3) is 0.500. The van der Waals surface area contributed by atoms with E-state index in [-0.39, 0.29) is 118 Å². The molecule has 2 saturated heterocycles. The van der Waals surface area contributed by atoms with Gasteiger partial charge in [-0.1, -0.05) is 39.8 Å². The number of aryl methyl sites for hydroxylation is 6. The third-order valence-corrected chi connectivity index (χ3v) is 18.8. The summed E-state index contributed by atoms with van der Waals surface area (Å²) in [5.41, 5.74) is -14.6. The van der Waals surface area contributed by atoms with E-state index in [2.05, 4.69) is 0 Å². The van der Waals surface area contributed by atoms with Crippen molar-refractivity contribution in [2.75, 3.05) is 45.9 Å². The van der Waals surface area contributed by atoms with Gasteiger partial charge in [-0.2, -0.15) is 79.7 Å². The maximum atomic E-state index is 16.6. The molecule has 0 spiro atoms. The summed E-state index contributed by atoms with van der Waals surface area (Å²) >= 11 is 0. The Kier molecular flexibility index (Phi) is 36.5. The zero-order chi connectivity index (χ0) is 81.2. The van der Waals surface area contributed by atoms with Crippen molar-refractivity contribution in [2.24, 2.45) is 11.8 Å². The van der Waals surface area contributed by atoms with Crippen LogP contribution in [-0.4, -0.2) is 98.7 Å². The van der Waals surface area contributed by atoms with Crippen molar-refractivity contribution < 1.29 is 137 Å².